The Labute approximate surface area is 115 Å². The van der Waals surface area contributed by atoms with Crippen molar-refractivity contribution in [1.29, 1.82) is 0 Å². The minimum absolute atomic E-state index is 0.0236. The molecule has 2 rings (SSSR count). The van der Waals surface area contributed by atoms with Crippen LogP contribution in [0.1, 0.15) is 53.9 Å². The summed E-state index contributed by atoms with van der Waals surface area (Å²) in [7, 11) is 0. The topological polar surface area (TPSA) is 43.4 Å². The number of esters is 1. The van der Waals surface area contributed by atoms with Crippen LogP contribution in [0.4, 0.5) is 0 Å². The molecule has 0 unspecified atom stereocenters. The molecule has 3 nitrogen and oxygen atoms in total. The normalized spacial score (nSPS) is 38.4. The summed E-state index contributed by atoms with van der Waals surface area (Å²) in [5.41, 5.74) is 1.18. The molecule has 3 heteroatoms. The first-order valence-electron chi connectivity index (χ1n) is 7.19. The molecule has 0 heterocycles. The van der Waals surface area contributed by atoms with Gasteiger partial charge in [-0.2, -0.15) is 0 Å². The molecule has 1 saturated carbocycles. The average Bonchev–Trinajstić information content (AvgIpc) is 2.55. The summed E-state index contributed by atoms with van der Waals surface area (Å²) in [4.78, 5) is 24.4. The highest BCUT2D eigenvalue weighted by Gasteiger charge is 2.58. The van der Waals surface area contributed by atoms with E-state index in [0.717, 1.165) is 18.4 Å². The number of carbonyl (C=O) groups excluding carboxylic acids is 2. The molecule has 106 valence electrons. The molecule has 0 amide bonds. The third-order valence-electron chi connectivity index (χ3n) is 5.91. The van der Waals surface area contributed by atoms with E-state index < -0.39 is 5.97 Å². The standard InChI is InChI=1S/C16H24O3/c1-6-19-14(18)13-11(3)15(4)8-7-10(2)16(15,5)9-12(13)17/h10H,6-9H2,1-5H3/t10-,15+,16+/m1/s1. The molecule has 0 aliphatic heterocycles. The summed E-state index contributed by atoms with van der Waals surface area (Å²) >= 11 is 0. The first-order valence-corrected chi connectivity index (χ1v) is 7.19. The lowest BCUT2D eigenvalue weighted by molar-refractivity contribution is -0.141. The summed E-state index contributed by atoms with van der Waals surface area (Å²) < 4.78 is 5.06. The van der Waals surface area contributed by atoms with Gasteiger partial charge >= 0.3 is 5.97 Å². The fourth-order valence-corrected chi connectivity index (χ4v) is 4.02. The molecule has 2 aliphatic rings. The average molecular weight is 264 g/mol. The van der Waals surface area contributed by atoms with Gasteiger partial charge in [-0.25, -0.2) is 4.79 Å². The van der Waals surface area contributed by atoms with Crippen molar-refractivity contribution in [2.24, 2.45) is 16.7 Å². The Kier molecular flexibility index (Phi) is 3.36. The van der Waals surface area contributed by atoms with Crippen molar-refractivity contribution in [1.82, 2.24) is 0 Å². The van der Waals surface area contributed by atoms with Gasteiger partial charge in [-0.15, -0.1) is 0 Å². The van der Waals surface area contributed by atoms with Gasteiger partial charge in [0.1, 0.15) is 5.57 Å². The number of hydrogen-bond donors (Lipinski definition) is 0. The first-order chi connectivity index (χ1) is 8.78. The zero-order valence-corrected chi connectivity index (χ0v) is 12.6. The van der Waals surface area contributed by atoms with Gasteiger partial charge in [-0.1, -0.05) is 20.8 Å². The van der Waals surface area contributed by atoms with Crippen molar-refractivity contribution in [3.63, 3.8) is 0 Å². The van der Waals surface area contributed by atoms with Crippen LogP contribution >= 0.6 is 0 Å². The van der Waals surface area contributed by atoms with Crippen molar-refractivity contribution in [3.05, 3.63) is 11.1 Å². The van der Waals surface area contributed by atoms with Crippen molar-refractivity contribution < 1.29 is 14.3 Å². The molecule has 19 heavy (non-hydrogen) atoms. The molecule has 0 aromatic carbocycles. The van der Waals surface area contributed by atoms with E-state index in [1.807, 2.05) is 6.92 Å². The molecule has 0 radical (unpaired) electrons. The monoisotopic (exact) mass is 264 g/mol. The Bertz CT molecular complexity index is 463. The number of carbonyl (C=O) groups is 2. The van der Waals surface area contributed by atoms with E-state index in [0.29, 0.717) is 24.5 Å². The zero-order valence-electron chi connectivity index (χ0n) is 12.6. The SMILES string of the molecule is CCOC(=O)C1=C(C)[C@]2(C)CC[C@@H](C)[C@]2(C)CC1=O. The molecule has 0 bridgehead atoms. The smallest absolute Gasteiger partial charge is 0.341 e. The maximum Gasteiger partial charge on any atom is 0.341 e. The quantitative estimate of drug-likeness (QED) is 0.568. The highest BCUT2D eigenvalue weighted by atomic mass is 16.5. The fourth-order valence-electron chi connectivity index (χ4n) is 4.02. The number of hydrogen-bond acceptors (Lipinski definition) is 3. The van der Waals surface area contributed by atoms with E-state index in [1.54, 1.807) is 6.92 Å². The van der Waals surface area contributed by atoms with Crippen LogP contribution in [0.2, 0.25) is 0 Å². The number of ether oxygens (including phenoxy) is 1. The summed E-state index contributed by atoms with van der Waals surface area (Å²) in [5.74, 6) is 0.0395. The minimum atomic E-state index is -0.437. The molecular weight excluding hydrogens is 240 g/mol. The van der Waals surface area contributed by atoms with Crippen molar-refractivity contribution in [2.75, 3.05) is 6.61 Å². The van der Waals surface area contributed by atoms with Gasteiger partial charge in [0.15, 0.2) is 5.78 Å². The van der Waals surface area contributed by atoms with Crippen molar-refractivity contribution in [2.45, 2.75) is 53.9 Å². The number of fused-ring (bicyclic) bond motifs is 1. The Hall–Kier alpha value is -1.12. The van der Waals surface area contributed by atoms with Gasteiger partial charge in [0, 0.05) is 6.42 Å². The third kappa shape index (κ3) is 1.78. The van der Waals surface area contributed by atoms with Gasteiger partial charge in [0.2, 0.25) is 0 Å². The summed E-state index contributed by atoms with van der Waals surface area (Å²) in [6.45, 7) is 10.7. The van der Waals surface area contributed by atoms with Crippen LogP contribution in [0.5, 0.6) is 0 Å². The van der Waals surface area contributed by atoms with Crippen LogP contribution in [-0.4, -0.2) is 18.4 Å². The van der Waals surface area contributed by atoms with Crippen LogP contribution in [0.25, 0.3) is 0 Å². The summed E-state index contributed by atoms with van der Waals surface area (Å²) in [6, 6.07) is 0. The predicted octanol–water partition coefficient (Wildman–Crippen LogP) is 3.28. The third-order valence-corrected chi connectivity index (χ3v) is 5.91. The lowest BCUT2D eigenvalue weighted by Gasteiger charge is -2.48. The molecule has 1 fully saturated rings. The van der Waals surface area contributed by atoms with Gasteiger partial charge in [-0.3, -0.25) is 4.79 Å². The Morgan fingerprint density at radius 2 is 2.05 bits per heavy atom. The second-order valence-corrected chi connectivity index (χ2v) is 6.51. The Morgan fingerprint density at radius 1 is 1.42 bits per heavy atom. The molecule has 0 N–H and O–H groups in total. The lowest BCUT2D eigenvalue weighted by Crippen LogP contribution is -2.45. The maximum atomic E-state index is 12.4. The van der Waals surface area contributed by atoms with E-state index in [-0.39, 0.29) is 16.6 Å². The molecule has 0 saturated heterocycles. The lowest BCUT2D eigenvalue weighted by atomic mass is 9.55. The fraction of sp³-hybridized carbons (Fsp3) is 0.750. The van der Waals surface area contributed by atoms with Gasteiger partial charge < -0.3 is 4.74 Å². The predicted molar refractivity (Wildman–Crippen MR) is 73.6 cm³/mol. The molecule has 0 aromatic rings. The van der Waals surface area contributed by atoms with Gasteiger partial charge in [0.25, 0.3) is 0 Å². The highest BCUT2D eigenvalue weighted by molar-refractivity contribution is 6.19. The number of rotatable bonds is 2. The second kappa shape index (κ2) is 4.46. The largest absolute Gasteiger partial charge is 0.462 e. The number of Topliss-reactive ketones (excluding diaryl/α,β-unsaturated/α-hetero) is 1. The van der Waals surface area contributed by atoms with E-state index >= 15 is 0 Å². The molecule has 0 spiro atoms. The second-order valence-electron chi connectivity index (χ2n) is 6.51. The van der Waals surface area contributed by atoms with E-state index in [4.69, 9.17) is 4.74 Å². The van der Waals surface area contributed by atoms with Crippen LogP contribution in [-0.2, 0) is 14.3 Å². The molecule has 3 atom stereocenters. The van der Waals surface area contributed by atoms with Gasteiger partial charge in [-0.05, 0) is 49.0 Å². The highest BCUT2D eigenvalue weighted by Crippen LogP contribution is 2.64. The number of allylic oxidation sites excluding steroid dienone is 1. The summed E-state index contributed by atoms with van der Waals surface area (Å²) in [5, 5.41) is 0. The van der Waals surface area contributed by atoms with E-state index in [9.17, 15) is 9.59 Å². The van der Waals surface area contributed by atoms with Crippen LogP contribution in [0.3, 0.4) is 0 Å². The summed E-state index contributed by atoms with van der Waals surface area (Å²) in [6.07, 6.45) is 2.64. The van der Waals surface area contributed by atoms with E-state index in [2.05, 4.69) is 20.8 Å². The maximum absolute atomic E-state index is 12.4. The zero-order chi connectivity index (χ0) is 14.4. The van der Waals surface area contributed by atoms with Gasteiger partial charge in [0.05, 0.1) is 6.61 Å². The van der Waals surface area contributed by atoms with E-state index in [1.165, 1.54) is 0 Å². The molecule has 0 aromatic heterocycles. The Balaban J connectivity index is 2.52. The van der Waals surface area contributed by atoms with Crippen LogP contribution in [0, 0.1) is 16.7 Å². The first kappa shape index (κ1) is 14.3. The molecular formula is C16H24O3. The van der Waals surface area contributed by atoms with Crippen molar-refractivity contribution >= 4 is 11.8 Å². The number of ketones is 1. The van der Waals surface area contributed by atoms with Crippen molar-refractivity contribution in [3.8, 4) is 0 Å². The Morgan fingerprint density at radius 3 is 2.63 bits per heavy atom. The van der Waals surface area contributed by atoms with Crippen LogP contribution < -0.4 is 0 Å². The minimum Gasteiger partial charge on any atom is -0.462 e. The van der Waals surface area contributed by atoms with Crippen LogP contribution in [0.15, 0.2) is 11.1 Å². The molecule has 2 aliphatic carbocycles.